The van der Waals surface area contributed by atoms with Crippen LogP contribution in [0, 0.1) is 34.0 Å². The van der Waals surface area contributed by atoms with Gasteiger partial charge in [0.2, 0.25) is 0 Å². The molecule has 8 heteroatoms. The highest BCUT2D eigenvalue weighted by Crippen LogP contribution is 2.25. The quantitative estimate of drug-likeness (QED) is 0.318. The maximum Gasteiger partial charge on any atom is 0.355 e. The van der Waals surface area contributed by atoms with Gasteiger partial charge >= 0.3 is 11.9 Å². The lowest BCUT2D eigenvalue weighted by Gasteiger charge is -2.21. The Morgan fingerprint density at radius 2 is 1.43 bits per heavy atom. The number of hydrogen-bond donors (Lipinski definition) is 0. The van der Waals surface area contributed by atoms with E-state index in [2.05, 4.69) is 9.47 Å². The fourth-order valence-corrected chi connectivity index (χ4v) is 2.22. The first kappa shape index (κ1) is 17.7. The average molecular weight is 314 g/mol. The molecule has 0 aromatic rings. The first-order chi connectivity index (χ1) is 11.0. The van der Waals surface area contributed by atoms with Gasteiger partial charge in [0.05, 0.1) is 19.8 Å². The summed E-state index contributed by atoms with van der Waals surface area (Å²) in [4.78, 5) is 25.7. The molecule has 1 heterocycles. The summed E-state index contributed by atoms with van der Waals surface area (Å²) >= 11 is 0. The van der Waals surface area contributed by atoms with Gasteiger partial charge in [-0.3, -0.25) is 0 Å². The number of carbonyl (C=O) groups is 2. The van der Waals surface area contributed by atoms with Gasteiger partial charge in [-0.15, -0.1) is 0 Å². The third-order valence-corrected chi connectivity index (χ3v) is 3.26. The summed E-state index contributed by atoms with van der Waals surface area (Å²) in [5.74, 6) is -1.86. The van der Waals surface area contributed by atoms with Gasteiger partial charge < -0.3 is 14.4 Å². The first-order valence-corrected chi connectivity index (χ1v) is 6.66. The molecule has 0 unspecified atom stereocenters. The minimum Gasteiger partial charge on any atom is -0.465 e. The predicted octanol–water partition coefficient (Wildman–Crippen LogP) is 0.550. The van der Waals surface area contributed by atoms with Gasteiger partial charge in [-0.25, -0.2) is 9.59 Å². The Labute approximate surface area is 133 Å². The lowest BCUT2D eigenvalue weighted by Crippen LogP contribution is -2.28. The van der Waals surface area contributed by atoms with Crippen LogP contribution in [0.1, 0.15) is 12.8 Å². The maximum absolute atomic E-state index is 12.1. The van der Waals surface area contributed by atoms with E-state index < -0.39 is 28.7 Å². The van der Waals surface area contributed by atoms with Crippen LogP contribution in [-0.2, 0) is 19.1 Å². The fraction of sp³-hybridized carbons (Fsp3) is 0.400. The molecule has 1 saturated heterocycles. The Kier molecular flexibility index (Phi) is 6.33. The molecule has 0 aromatic carbocycles. The predicted molar refractivity (Wildman–Crippen MR) is 75.7 cm³/mol. The summed E-state index contributed by atoms with van der Waals surface area (Å²) in [5.41, 5.74) is -1.68. The molecule has 1 aliphatic rings. The van der Waals surface area contributed by atoms with Crippen molar-refractivity contribution in [1.82, 2.24) is 4.90 Å². The molecule has 0 aliphatic carbocycles. The molecule has 0 aromatic heterocycles. The Morgan fingerprint density at radius 1 is 0.913 bits per heavy atom. The molecule has 1 aliphatic heterocycles. The number of methoxy groups -OCH3 is 2. The van der Waals surface area contributed by atoms with Crippen LogP contribution in [0.3, 0.4) is 0 Å². The summed E-state index contributed by atoms with van der Waals surface area (Å²) in [6, 6.07) is 4.83. The van der Waals surface area contributed by atoms with E-state index in [0.717, 1.165) is 27.1 Å². The van der Waals surface area contributed by atoms with Crippen molar-refractivity contribution in [2.45, 2.75) is 12.8 Å². The highest BCUT2D eigenvalue weighted by atomic mass is 16.5. The monoisotopic (exact) mass is 314 g/mol. The summed E-state index contributed by atoms with van der Waals surface area (Å²) < 4.78 is 9.24. The molecule has 0 spiro atoms. The topological polar surface area (TPSA) is 127 Å². The standard InChI is InChI=1S/C15H14N4O4/c1-22-14(20)12(10(7-16)8-17)11(9-18)13(15(21)23-2)19-5-3-4-6-19/h3-6H2,1-2H3/b13-11+. The number of allylic oxidation sites excluding steroid dienone is 1. The Bertz CT molecular complexity index is 678. The minimum atomic E-state index is -1.04. The van der Waals surface area contributed by atoms with Gasteiger partial charge in [0.25, 0.3) is 0 Å². The highest BCUT2D eigenvalue weighted by molar-refractivity contribution is 6.01. The van der Waals surface area contributed by atoms with Crippen LogP contribution in [0.2, 0.25) is 0 Å². The van der Waals surface area contributed by atoms with Crippen molar-refractivity contribution in [1.29, 1.82) is 15.8 Å². The van der Waals surface area contributed by atoms with Crippen molar-refractivity contribution in [3.8, 4) is 18.2 Å². The lowest BCUT2D eigenvalue weighted by atomic mass is 9.99. The van der Waals surface area contributed by atoms with Gasteiger partial charge in [-0.1, -0.05) is 0 Å². The third-order valence-electron chi connectivity index (χ3n) is 3.26. The molecule has 0 bridgehead atoms. The van der Waals surface area contributed by atoms with E-state index in [0.29, 0.717) is 13.1 Å². The van der Waals surface area contributed by atoms with E-state index in [4.69, 9.17) is 10.5 Å². The van der Waals surface area contributed by atoms with Crippen LogP contribution >= 0.6 is 0 Å². The summed E-state index contributed by atoms with van der Waals surface area (Å²) in [5, 5.41) is 27.5. The van der Waals surface area contributed by atoms with Gasteiger partial charge in [0, 0.05) is 13.1 Å². The molecular formula is C15H14N4O4. The van der Waals surface area contributed by atoms with Gasteiger partial charge in [-0.2, -0.15) is 15.8 Å². The first-order valence-electron chi connectivity index (χ1n) is 6.66. The molecule has 0 saturated carbocycles. The molecule has 23 heavy (non-hydrogen) atoms. The summed E-state index contributed by atoms with van der Waals surface area (Å²) in [6.45, 7) is 0.997. The molecule has 0 atom stereocenters. The van der Waals surface area contributed by atoms with Crippen LogP contribution in [0.5, 0.6) is 0 Å². The van der Waals surface area contributed by atoms with Crippen molar-refractivity contribution in [3.63, 3.8) is 0 Å². The van der Waals surface area contributed by atoms with Crippen molar-refractivity contribution < 1.29 is 19.1 Å². The molecule has 0 N–H and O–H groups in total. The van der Waals surface area contributed by atoms with E-state index in [9.17, 15) is 14.9 Å². The van der Waals surface area contributed by atoms with Crippen LogP contribution in [-0.4, -0.2) is 44.1 Å². The lowest BCUT2D eigenvalue weighted by molar-refractivity contribution is -0.137. The Morgan fingerprint density at radius 3 is 1.83 bits per heavy atom. The third kappa shape index (κ3) is 3.66. The van der Waals surface area contributed by atoms with Crippen molar-refractivity contribution >= 4 is 11.9 Å². The van der Waals surface area contributed by atoms with Gasteiger partial charge in [0.1, 0.15) is 35.1 Å². The van der Waals surface area contributed by atoms with E-state index in [1.807, 2.05) is 0 Å². The zero-order chi connectivity index (χ0) is 17.4. The molecule has 0 amide bonds. The Hall–Kier alpha value is -3.31. The van der Waals surface area contributed by atoms with E-state index in [1.165, 1.54) is 0 Å². The van der Waals surface area contributed by atoms with Crippen LogP contribution in [0.15, 0.2) is 22.4 Å². The zero-order valence-electron chi connectivity index (χ0n) is 12.8. The number of hydrogen-bond acceptors (Lipinski definition) is 8. The molecule has 1 rings (SSSR count). The Balaban J connectivity index is 3.73. The molecule has 0 radical (unpaired) electrons. The minimum absolute atomic E-state index is 0.143. The number of nitrogens with zero attached hydrogens (tertiary/aromatic N) is 4. The van der Waals surface area contributed by atoms with E-state index in [-0.39, 0.29) is 5.70 Å². The number of esters is 2. The van der Waals surface area contributed by atoms with Crippen molar-refractivity contribution in [2.75, 3.05) is 27.3 Å². The summed E-state index contributed by atoms with van der Waals surface area (Å²) in [7, 11) is 2.20. The van der Waals surface area contributed by atoms with Crippen molar-refractivity contribution in [2.24, 2.45) is 0 Å². The number of rotatable bonds is 4. The van der Waals surface area contributed by atoms with Gasteiger partial charge in [0.15, 0.2) is 0 Å². The molecule has 1 fully saturated rings. The van der Waals surface area contributed by atoms with Crippen LogP contribution < -0.4 is 0 Å². The molecular weight excluding hydrogens is 300 g/mol. The average Bonchev–Trinajstić information content (AvgIpc) is 3.10. The number of likely N-dealkylation sites (tertiary alicyclic amines) is 1. The largest absolute Gasteiger partial charge is 0.465 e. The second kappa shape index (κ2) is 8.21. The highest BCUT2D eigenvalue weighted by Gasteiger charge is 2.32. The zero-order valence-corrected chi connectivity index (χ0v) is 12.8. The van der Waals surface area contributed by atoms with Crippen LogP contribution in [0.4, 0.5) is 0 Å². The molecule has 8 nitrogen and oxygen atoms in total. The fourth-order valence-electron chi connectivity index (χ4n) is 2.22. The SMILES string of the molecule is COC(=O)C(=C(C#N)C#N)/C(C#N)=C(\C(=O)OC)N1CCCC1. The second-order valence-electron chi connectivity index (χ2n) is 4.49. The second-order valence-corrected chi connectivity index (χ2v) is 4.49. The van der Waals surface area contributed by atoms with Gasteiger partial charge in [-0.05, 0) is 12.8 Å². The number of carbonyl (C=O) groups excluding carboxylic acids is 2. The van der Waals surface area contributed by atoms with Crippen LogP contribution in [0.25, 0.3) is 0 Å². The van der Waals surface area contributed by atoms with E-state index >= 15 is 0 Å². The molecule has 118 valence electrons. The normalized spacial score (nSPS) is 13.8. The summed E-state index contributed by atoms with van der Waals surface area (Å²) in [6.07, 6.45) is 1.61. The smallest absolute Gasteiger partial charge is 0.355 e. The van der Waals surface area contributed by atoms with E-state index in [1.54, 1.807) is 23.1 Å². The number of ether oxygens (including phenoxy) is 2. The van der Waals surface area contributed by atoms with Crippen molar-refractivity contribution in [3.05, 3.63) is 22.4 Å². The number of nitriles is 3. The maximum atomic E-state index is 12.1.